The Morgan fingerprint density at radius 3 is 1.89 bits per heavy atom. The fourth-order valence-electron chi connectivity index (χ4n) is 0.129. The summed E-state index contributed by atoms with van der Waals surface area (Å²) in [6.45, 7) is 5.60. The van der Waals surface area contributed by atoms with Crippen LogP contribution < -0.4 is 5.73 Å². The molecule has 0 saturated heterocycles. The highest BCUT2D eigenvalue weighted by Gasteiger charge is 2.21. The third kappa shape index (κ3) is 3.34. The average Bonchev–Trinajstić information content (AvgIpc) is 1.67. The Labute approximate surface area is 62.4 Å². The number of nitriles is 1. The van der Waals surface area contributed by atoms with E-state index in [1.54, 1.807) is 6.92 Å². The number of nitrogens with two attached hydrogens (primary N) is 1. The third-order valence-electron chi connectivity index (χ3n) is 1.44. The summed E-state index contributed by atoms with van der Waals surface area (Å²) < 4.78 is 0. The molecule has 0 radical (unpaired) electrons. The minimum absolute atomic E-state index is 0. The van der Waals surface area contributed by atoms with Crippen LogP contribution in [0.2, 0.25) is 0 Å². The minimum Gasteiger partial charge on any atom is -0.313 e. The Hall–Kier alpha value is -0.260. The van der Waals surface area contributed by atoms with Crippen LogP contribution in [-0.4, -0.2) is 5.54 Å². The second kappa shape index (κ2) is 3.71. The van der Waals surface area contributed by atoms with Crippen molar-refractivity contribution in [3.05, 3.63) is 0 Å². The number of hydrogen-bond acceptors (Lipinski definition) is 2. The lowest BCUT2D eigenvalue weighted by molar-refractivity contribution is 0.430. The van der Waals surface area contributed by atoms with E-state index in [0.29, 0.717) is 0 Å². The van der Waals surface area contributed by atoms with Gasteiger partial charge in [0.1, 0.15) is 5.54 Å². The fourth-order valence-corrected chi connectivity index (χ4v) is 0.129. The summed E-state index contributed by atoms with van der Waals surface area (Å²) in [7, 11) is 0. The molecule has 0 amide bonds. The quantitative estimate of drug-likeness (QED) is 0.610. The summed E-state index contributed by atoms with van der Waals surface area (Å²) >= 11 is 0. The van der Waals surface area contributed by atoms with E-state index in [0.717, 1.165) is 0 Å². The molecule has 0 aromatic carbocycles. The van der Waals surface area contributed by atoms with E-state index in [-0.39, 0.29) is 18.3 Å². The molecule has 0 aliphatic carbocycles. The predicted molar refractivity (Wildman–Crippen MR) is 40.3 cm³/mol. The molecule has 0 aliphatic rings. The molecule has 0 rings (SSSR count). The maximum absolute atomic E-state index is 8.39. The lowest BCUT2D eigenvalue weighted by Gasteiger charge is -2.18. The van der Waals surface area contributed by atoms with Gasteiger partial charge in [0.25, 0.3) is 0 Å². The third-order valence-corrected chi connectivity index (χ3v) is 1.44. The largest absolute Gasteiger partial charge is 0.313 e. The number of rotatable bonds is 1. The molecule has 0 heterocycles. The lowest BCUT2D eigenvalue weighted by atomic mass is 9.92. The first kappa shape index (κ1) is 11.5. The molecule has 0 aromatic heterocycles. The first-order chi connectivity index (χ1) is 3.50. The molecule has 3 heteroatoms. The molecule has 1 atom stereocenters. The molecule has 0 fully saturated rings. The van der Waals surface area contributed by atoms with Crippen molar-refractivity contribution in [3.8, 4) is 6.07 Å². The summed E-state index contributed by atoms with van der Waals surface area (Å²) in [6.07, 6.45) is 0. The summed E-state index contributed by atoms with van der Waals surface area (Å²) in [5.74, 6) is 0.229. The van der Waals surface area contributed by atoms with Crippen LogP contribution >= 0.6 is 12.4 Å². The molecule has 0 unspecified atom stereocenters. The van der Waals surface area contributed by atoms with E-state index in [9.17, 15) is 0 Å². The fraction of sp³-hybridized carbons (Fsp3) is 0.833. The minimum atomic E-state index is -0.653. The summed E-state index contributed by atoms with van der Waals surface area (Å²) in [4.78, 5) is 0. The molecule has 54 valence electrons. The topological polar surface area (TPSA) is 49.8 Å². The van der Waals surface area contributed by atoms with Crippen molar-refractivity contribution in [3.63, 3.8) is 0 Å². The Morgan fingerprint density at radius 2 is 1.89 bits per heavy atom. The van der Waals surface area contributed by atoms with Gasteiger partial charge in [-0.25, -0.2) is 0 Å². The first-order valence-corrected chi connectivity index (χ1v) is 2.71. The van der Waals surface area contributed by atoms with Crippen LogP contribution in [0.4, 0.5) is 0 Å². The van der Waals surface area contributed by atoms with Gasteiger partial charge in [0, 0.05) is 0 Å². The number of hydrogen-bond donors (Lipinski definition) is 1. The van der Waals surface area contributed by atoms with Gasteiger partial charge in [0.15, 0.2) is 0 Å². The second-order valence-corrected chi connectivity index (χ2v) is 2.55. The molecule has 2 nitrogen and oxygen atoms in total. The summed E-state index contributed by atoms with van der Waals surface area (Å²) in [5, 5.41) is 8.39. The van der Waals surface area contributed by atoms with Gasteiger partial charge in [-0.3, -0.25) is 0 Å². The van der Waals surface area contributed by atoms with Crippen molar-refractivity contribution in [2.75, 3.05) is 0 Å². The standard InChI is InChI=1S/C6H12N2.ClH/c1-5(2)6(3,8)4-7;/h5H,8H2,1-3H3;1H/t6-;/m0./s1. The smallest absolute Gasteiger partial charge is 0.103 e. The van der Waals surface area contributed by atoms with Crippen molar-refractivity contribution in [1.82, 2.24) is 0 Å². The zero-order valence-corrected chi connectivity index (χ0v) is 6.83. The maximum Gasteiger partial charge on any atom is 0.103 e. The zero-order valence-electron chi connectivity index (χ0n) is 6.01. The van der Waals surface area contributed by atoms with Crippen LogP contribution in [0.1, 0.15) is 20.8 Å². The van der Waals surface area contributed by atoms with Crippen LogP contribution in [0.15, 0.2) is 0 Å². The van der Waals surface area contributed by atoms with E-state index < -0.39 is 5.54 Å². The van der Waals surface area contributed by atoms with E-state index >= 15 is 0 Å². The van der Waals surface area contributed by atoms with Crippen molar-refractivity contribution in [1.29, 1.82) is 5.26 Å². The molecule has 0 bridgehead atoms. The molecular formula is C6H13ClN2. The van der Waals surface area contributed by atoms with Crippen molar-refractivity contribution in [2.24, 2.45) is 11.7 Å². The molecular weight excluding hydrogens is 136 g/mol. The van der Waals surface area contributed by atoms with Crippen LogP contribution in [0, 0.1) is 17.2 Å². The Morgan fingerprint density at radius 1 is 1.56 bits per heavy atom. The van der Waals surface area contributed by atoms with Crippen molar-refractivity contribution in [2.45, 2.75) is 26.3 Å². The van der Waals surface area contributed by atoms with Crippen LogP contribution in [0.25, 0.3) is 0 Å². The predicted octanol–water partition coefficient (Wildman–Crippen LogP) is 1.31. The van der Waals surface area contributed by atoms with Crippen LogP contribution in [0.3, 0.4) is 0 Å². The Kier molecular flexibility index (Phi) is 4.75. The van der Waals surface area contributed by atoms with E-state index in [1.165, 1.54) is 0 Å². The Bertz CT molecular complexity index is 113. The molecule has 2 N–H and O–H groups in total. The normalized spacial score (nSPS) is 15.6. The molecule has 0 aromatic rings. The summed E-state index contributed by atoms with van der Waals surface area (Å²) in [6, 6.07) is 2.02. The number of nitrogens with zero attached hydrogens (tertiary/aromatic N) is 1. The second-order valence-electron chi connectivity index (χ2n) is 2.55. The molecule has 0 aliphatic heterocycles. The average molecular weight is 149 g/mol. The van der Waals surface area contributed by atoms with Gasteiger partial charge >= 0.3 is 0 Å². The maximum atomic E-state index is 8.39. The molecule has 0 saturated carbocycles. The van der Waals surface area contributed by atoms with Gasteiger partial charge in [-0.2, -0.15) is 5.26 Å². The van der Waals surface area contributed by atoms with Crippen LogP contribution in [0.5, 0.6) is 0 Å². The number of halogens is 1. The van der Waals surface area contributed by atoms with Crippen molar-refractivity contribution >= 4 is 12.4 Å². The monoisotopic (exact) mass is 148 g/mol. The van der Waals surface area contributed by atoms with E-state index in [1.807, 2.05) is 19.9 Å². The first-order valence-electron chi connectivity index (χ1n) is 2.71. The molecule has 0 spiro atoms. The highest BCUT2D eigenvalue weighted by molar-refractivity contribution is 5.85. The zero-order chi connectivity index (χ0) is 6.78. The van der Waals surface area contributed by atoms with Gasteiger partial charge in [-0.05, 0) is 12.8 Å². The van der Waals surface area contributed by atoms with Gasteiger partial charge < -0.3 is 5.73 Å². The van der Waals surface area contributed by atoms with Gasteiger partial charge in [0.2, 0.25) is 0 Å². The van der Waals surface area contributed by atoms with Gasteiger partial charge in [-0.1, -0.05) is 13.8 Å². The van der Waals surface area contributed by atoms with Crippen LogP contribution in [-0.2, 0) is 0 Å². The van der Waals surface area contributed by atoms with Gasteiger partial charge in [0.05, 0.1) is 6.07 Å². The lowest BCUT2D eigenvalue weighted by Crippen LogP contribution is -2.39. The molecule has 9 heavy (non-hydrogen) atoms. The SMILES string of the molecule is CC(C)[C@@](C)(N)C#N.Cl. The van der Waals surface area contributed by atoms with Crippen molar-refractivity contribution < 1.29 is 0 Å². The van der Waals surface area contributed by atoms with Gasteiger partial charge in [-0.15, -0.1) is 12.4 Å². The highest BCUT2D eigenvalue weighted by Crippen LogP contribution is 2.09. The van der Waals surface area contributed by atoms with E-state index in [2.05, 4.69) is 0 Å². The highest BCUT2D eigenvalue weighted by atomic mass is 35.5. The Balaban J connectivity index is 0. The summed E-state index contributed by atoms with van der Waals surface area (Å²) in [5.41, 5.74) is 4.84. The van der Waals surface area contributed by atoms with E-state index in [4.69, 9.17) is 11.0 Å².